The maximum atomic E-state index is 12.4. The Bertz CT molecular complexity index is 1000. The Kier molecular flexibility index (Phi) is 5.19. The van der Waals surface area contributed by atoms with Crippen LogP contribution in [-0.4, -0.2) is 27.2 Å². The van der Waals surface area contributed by atoms with Gasteiger partial charge in [0.2, 0.25) is 0 Å². The minimum absolute atomic E-state index is 0.0286. The van der Waals surface area contributed by atoms with E-state index in [2.05, 4.69) is 5.92 Å². The van der Waals surface area contributed by atoms with E-state index in [9.17, 15) is 9.59 Å². The summed E-state index contributed by atoms with van der Waals surface area (Å²) in [6, 6.07) is 7.18. The molecule has 0 unspecified atom stereocenters. The second-order valence-corrected chi connectivity index (χ2v) is 7.57. The Labute approximate surface area is 165 Å². The van der Waals surface area contributed by atoms with E-state index in [1.807, 2.05) is 24.5 Å². The molecule has 1 aromatic carbocycles. The summed E-state index contributed by atoms with van der Waals surface area (Å²) >= 11 is 13.3. The van der Waals surface area contributed by atoms with E-state index >= 15 is 0 Å². The van der Waals surface area contributed by atoms with Crippen LogP contribution in [0, 0.1) is 26.2 Å². The number of thioether (sulfide) groups is 1. The van der Waals surface area contributed by atoms with Crippen LogP contribution in [0.5, 0.6) is 0 Å². The maximum absolute atomic E-state index is 12.4. The van der Waals surface area contributed by atoms with Gasteiger partial charge in [0, 0.05) is 16.4 Å². The first-order valence-electron chi connectivity index (χ1n) is 7.66. The maximum Gasteiger partial charge on any atom is 0.294 e. The Hall–Kier alpha value is -2.13. The number of carbonyl (C=O) groups excluding carboxylic acids is 2. The van der Waals surface area contributed by atoms with Crippen molar-refractivity contribution in [2.24, 2.45) is 0 Å². The monoisotopic (exact) mass is 404 g/mol. The zero-order valence-electron chi connectivity index (χ0n) is 14.0. The van der Waals surface area contributed by atoms with Crippen molar-refractivity contribution >= 4 is 52.2 Å². The van der Waals surface area contributed by atoms with Gasteiger partial charge in [-0.15, -0.1) is 6.42 Å². The number of halogens is 2. The fourth-order valence-corrected chi connectivity index (χ4v) is 4.03. The first-order chi connectivity index (χ1) is 12.3. The second-order valence-electron chi connectivity index (χ2n) is 5.73. The second kappa shape index (κ2) is 7.24. The Morgan fingerprint density at radius 1 is 1.23 bits per heavy atom. The highest BCUT2D eigenvalue weighted by Crippen LogP contribution is 2.34. The van der Waals surface area contributed by atoms with Gasteiger partial charge < -0.3 is 4.57 Å². The van der Waals surface area contributed by atoms with Gasteiger partial charge in [-0.3, -0.25) is 14.5 Å². The number of rotatable bonds is 3. The number of benzene rings is 1. The van der Waals surface area contributed by atoms with Crippen molar-refractivity contribution in [3.8, 4) is 18.0 Å². The first-order valence-corrected chi connectivity index (χ1v) is 9.24. The molecule has 1 aliphatic rings. The zero-order chi connectivity index (χ0) is 19.0. The van der Waals surface area contributed by atoms with Crippen molar-refractivity contribution in [3.05, 3.63) is 56.2 Å². The number of carbonyl (C=O) groups is 2. The van der Waals surface area contributed by atoms with Crippen LogP contribution in [0.4, 0.5) is 4.79 Å². The number of aromatic nitrogens is 1. The van der Waals surface area contributed by atoms with Crippen molar-refractivity contribution in [2.45, 2.75) is 13.8 Å². The third kappa shape index (κ3) is 3.28. The fourth-order valence-electron chi connectivity index (χ4n) is 2.83. The summed E-state index contributed by atoms with van der Waals surface area (Å²) in [4.78, 5) is 25.7. The van der Waals surface area contributed by atoms with Crippen molar-refractivity contribution in [2.75, 3.05) is 6.54 Å². The van der Waals surface area contributed by atoms with Gasteiger partial charge in [-0.1, -0.05) is 29.1 Å². The first kappa shape index (κ1) is 18.7. The number of nitrogens with zero attached hydrogens (tertiary/aromatic N) is 2. The predicted octanol–water partition coefficient (Wildman–Crippen LogP) is 5.07. The highest BCUT2D eigenvalue weighted by Gasteiger charge is 2.34. The highest BCUT2D eigenvalue weighted by atomic mass is 35.5. The zero-order valence-corrected chi connectivity index (χ0v) is 16.4. The van der Waals surface area contributed by atoms with Gasteiger partial charge in [-0.25, -0.2) is 0 Å². The number of terminal acetylenes is 1. The number of imide groups is 1. The Morgan fingerprint density at radius 2 is 1.96 bits per heavy atom. The van der Waals surface area contributed by atoms with Crippen LogP contribution in [0.25, 0.3) is 11.8 Å². The minimum Gasteiger partial charge on any atom is -0.316 e. The molecule has 1 aliphatic heterocycles. The molecule has 2 heterocycles. The van der Waals surface area contributed by atoms with Crippen LogP contribution in [0.3, 0.4) is 0 Å². The summed E-state index contributed by atoms with van der Waals surface area (Å²) in [5, 5.41) is 0.789. The van der Waals surface area contributed by atoms with Gasteiger partial charge in [-0.05, 0) is 61.5 Å². The molecular weight excluding hydrogens is 391 g/mol. The number of aryl methyl sites for hydroxylation is 1. The molecule has 1 aromatic heterocycles. The lowest BCUT2D eigenvalue weighted by Crippen LogP contribution is -2.28. The normalized spacial score (nSPS) is 15.8. The van der Waals surface area contributed by atoms with Gasteiger partial charge in [0.25, 0.3) is 11.1 Å². The van der Waals surface area contributed by atoms with E-state index in [0.29, 0.717) is 15.0 Å². The Morgan fingerprint density at radius 3 is 2.65 bits per heavy atom. The lowest BCUT2D eigenvalue weighted by Gasteiger charge is -2.12. The average Bonchev–Trinajstić information content (AvgIpc) is 3.01. The van der Waals surface area contributed by atoms with E-state index in [-0.39, 0.29) is 17.7 Å². The van der Waals surface area contributed by atoms with Crippen molar-refractivity contribution < 1.29 is 9.59 Å². The molecule has 1 saturated heterocycles. The van der Waals surface area contributed by atoms with Crippen LogP contribution in [0.1, 0.15) is 17.0 Å². The summed E-state index contributed by atoms with van der Waals surface area (Å²) in [7, 11) is 0. The summed E-state index contributed by atoms with van der Waals surface area (Å²) in [5.74, 6) is 1.95. The van der Waals surface area contributed by atoms with Gasteiger partial charge in [0.1, 0.15) is 0 Å². The average molecular weight is 405 g/mol. The molecule has 0 bridgehead atoms. The lowest BCUT2D eigenvalue weighted by atomic mass is 10.2. The van der Waals surface area contributed by atoms with Crippen LogP contribution < -0.4 is 0 Å². The van der Waals surface area contributed by atoms with Gasteiger partial charge in [0.15, 0.2) is 0 Å². The molecule has 0 saturated carbocycles. The molecule has 0 radical (unpaired) electrons. The molecule has 2 amide bonds. The summed E-state index contributed by atoms with van der Waals surface area (Å²) in [5.41, 5.74) is 3.40. The molecule has 4 nitrogen and oxygen atoms in total. The molecule has 2 aromatic rings. The predicted molar refractivity (Wildman–Crippen MR) is 107 cm³/mol. The fraction of sp³-hybridized carbons (Fsp3) is 0.158. The third-order valence-electron chi connectivity index (χ3n) is 4.03. The SMILES string of the molecule is C#CCN1C(=O)S/C(=C/c2cc(C)n(-c3cc(Cl)ccc3Cl)c2C)C1=O. The van der Waals surface area contributed by atoms with E-state index in [0.717, 1.165) is 39.3 Å². The molecule has 132 valence electrons. The van der Waals surface area contributed by atoms with Gasteiger partial charge in [-0.2, -0.15) is 0 Å². The van der Waals surface area contributed by atoms with Crippen LogP contribution >= 0.6 is 35.0 Å². The molecule has 3 rings (SSSR count). The smallest absolute Gasteiger partial charge is 0.294 e. The van der Waals surface area contributed by atoms with Crippen LogP contribution in [-0.2, 0) is 4.79 Å². The molecule has 26 heavy (non-hydrogen) atoms. The largest absolute Gasteiger partial charge is 0.316 e. The van der Waals surface area contributed by atoms with Crippen molar-refractivity contribution in [1.29, 1.82) is 0 Å². The molecule has 0 spiro atoms. The van der Waals surface area contributed by atoms with E-state index in [4.69, 9.17) is 29.6 Å². The summed E-state index contributed by atoms with van der Waals surface area (Å²) in [6.07, 6.45) is 6.92. The number of hydrogen-bond acceptors (Lipinski definition) is 3. The topological polar surface area (TPSA) is 42.3 Å². The minimum atomic E-state index is -0.372. The molecular formula is C19H14Cl2N2O2S. The molecule has 0 atom stereocenters. The molecule has 7 heteroatoms. The lowest BCUT2D eigenvalue weighted by molar-refractivity contribution is -0.122. The van der Waals surface area contributed by atoms with Crippen LogP contribution in [0.2, 0.25) is 10.0 Å². The molecule has 1 fully saturated rings. The van der Waals surface area contributed by atoms with E-state index < -0.39 is 0 Å². The van der Waals surface area contributed by atoms with Gasteiger partial charge in [0.05, 0.1) is 22.2 Å². The number of amides is 2. The third-order valence-corrected chi connectivity index (χ3v) is 5.49. The van der Waals surface area contributed by atoms with E-state index in [1.54, 1.807) is 24.3 Å². The molecule has 0 aliphatic carbocycles. The molecule has 0 N–H and O–H groups in total. The Balaban J connectivity index is 2.05. The van der Waals surface area contributed by atoms with Crippen molar-refractivity contribution in [3.63, 3.8) is 0 Å². The van der Waals surface area contributed by atoms with Crippen LogP contribution in [0.15, 0.2) is 29.2 Å². The van der Waals surface area contributed by atoms with Crippen molar-refractivity contribution in [1.82, 2.24) is 9.47 Å². The number of hydrogen-bond donors (Lipinski definition) is 0. The quantitative estimate of drug-likeness (QED) is 0.529. The summed E-state index contributed by atoms with van der Waals surface area (Å²) < 4.78 is 1.96. The standard InChI is InChI=1S/C19H14Cl2N2O2S/c1-4-7-22-18(24)17(26-19(22)25)9-13-8-11(2)23(12(13)3)16-10-14(20)5-6-15(16)21/h1,5-6,8-10H,7H2,2-3H3/b17-9+. The van der Waals surface area contributed by atoms with Gasteiger partial charge >= 0.3 is 0 Å². The van der Waals surface area contributed by atoms with E-state index in [1.165, 1.54) is 0 Å². The highest BCUT2D eigenvalue weighted by molar-refractivity contribution is 8.18. The summed E-state index contributed by atoms with van der Waals surface area (Å²) in [6.45, 7) is 3.83.